The van der Waals surface area contributed by atoms with Crippen LogP contribution in [0.1, 0.15) is 23.2 Å². The van der Waals surface area contributed by atoms with Gasteiger partial charge in [-0.1, -0.05) is 0 Å². The number of sulfone groups is 1. The van der Waals surface area contributed by atoms with Crippen molar-refractivity contribution in [3.05, 3.63) is 23.0 Å². The molecular formula is C14H22N2O3S. The van der Waals surface area contributed by atoms with Crippen LogP contribution in [-0.4, -0.2) is 38.6 Å². The van der Waals surface area contributed by atoms with Crippen LogP contribution in [0.2, 0.25) is 0 Å². The van der Waals surface area contributed by atoms with Crippen molar-refractivity contribution in [2.75, 3.05) is 25.2 Å². The second-order valence-corrected chi connectivity index (χ2v) is 7.67. The largest absolute Gasteiger partial charge is 0.496 e. The minimum Gasteiger partial charge on any atom is -0.496 e. The Bertz CT molecular complexity index is 584. The van der Waals surface area contributed by atoms with Crippen LogP contribution in [0.4, 0.5) is 0 Å². The Morgan fingerprint density at radius 3 is 2.80 bits per heavy atom. The average molecular weight is 298 g/mol. The van der Waals surface area contributed by atoms with E-state index in [9.17, 15) is 8.42 Å². The number of aryl methyl sites for hydroxylation is 1. The van der Waals surface area contributed by atoms with Gasteiger partial charge in [0.05, 0.1) is 24.3 Å². The van der Waals surface area contributed by atoms with E-state index >= 15 is 0 Å². The van der Waals surface area contributed by atoms with Gasteiger partial charge in [0, 0.05) is 23.9 Å². The molecule has 1 aromatic heterocycles. The Labute approximate surface area is 120 Å². The van der Waals surface area contributed by atoms with E-state index in [-0.39, 0.29) is 5.92 Å². The molecule has 1 unspecified atom stereocenters. The predicted molar refractivity (Wildman–Crippen MR) is 78.7 cm³/mol. The molecule has 0 aromatic carbocycles. The van der Waals surface area contributed by atoms with Gasteiger partial charge >= 0.3 is 0 Å². The SMILES string of the molecule is COc1c(C)cnc(CNCC2CCS(=O)(=O)C2)c1C. The lowest BCUT2D eigenvalue weighted by molar-refractivity contribution is 0.406. The van der Waals surface area contributed by atoms with Crippen molar-refractivity contribution < 1.29 is 13.2 Å². The molecule has 0 bridgehead atoms. The molecule has 2 heterocycles. The van der Waals surface area contributed by atoms with Crippen LogP contribution < -0.4 is 10.1 Å². The fraction of sp³-hybridized carbons (Fsp3) is 0.643. The first-order valence-electron chi connectivity index (χ1n) is 6.83. The summed E-state index contributed by atoms with van der Waals surface area (Å²) >= 11 is 0. The van der Waals surface area contributed by atoms with Crippen molar-refractivity contribution in [1.82, 2.24) is 10.3 Å². The van der Waals surface area contributed by atoms with Crippen molar-refractivity contribution >= 4 is 9.84 Å². The van der Waals surface area contributed by atoms with Crippen LogP contribution >= 0.6 is 0 Å². The number of hydrogen-bond acceptors (Lipinski definition) is 5. The zero-order valence-corrected chi connectivity index (χ0v) is 13.1. The quantitative estimate of drug-likeness (QED) is 0.885. The summed E-state index contributed by atoms with van der Waals surface area (Å²) in [5.74, 6) is 1.74. The molecule has 20 heavy (non-hydrogen) atoms. The molecule has 1 saturated heterocycles. The van der Waals surface area contributed by atoms with Crippen LogP contribution in [0.3, 0.4) is 0 Å². The molecule has 1 aliphatic rings. The number of rotatable bonds is 5. The Hall–Kier alpha value is -1.14. The van der Waals surface area contributed by atoms with Gasteiger partial charge in [-0.25, -0.2) is 8.42 Å². The highest BCUT2D eigenvalue weighted by Gasteiger charge is 2.27. The number of ether oxygens (including phenoxy) is 1. The summed E-state index contributed by atoms with van der Waals surface area (Å²) in [7, 11) is -1.13. The standard InChI is InChI=1S/C14H22N2O3S/c1-10-6-16-13(11(2)14(10)19-3)8-15-7-12-4-5-20(17,18)9-12/h6,12,15H,4-5,7-9H2,1-3H3. The van der Waals surface area contributed by atoms with E-state index in [2.05, 4.69) is 10.3 Å². The fourth-order valence-electron chi connectivity index (χ4n) is 2.68. The van der Waals surface area contributed by atoms with E-state index in [0.29, 0.717) is 18.1 Å². The lowest BCUT2D eigenvalue weighted by Gasteiger charge is -2.14. The molecule has 6 heteroatoms. The van der Waals surface area contributed by atoms with Crippen molar-refractivity contribution in [3.8, 4) is 5.75 Å². The molecular weight excluding hydrogens is 276 g/mol. The van der Waals surface area contributed by atoms with Gasteiger partial charge < -0.3 is 10.1 Å². The van der Waals surface area contributed by atoms with Gasteiger partial charge in [0.25, 0.3) is 0 Å². The van der Waals surface area contributed by atoms with Crippen molar-refractivity contribution in [1.29, 1.82) is 0 Å². The van der Waals surface area contributed by atoms with Crippen molar-refractivity contribution in [2.45, 2.75) is 26.8 Å². The first-order valence-corrected chi connectivity index (χ1v) is 8.65. The van der Waals surface area contributed by atoms with Gasteiger partial charge in [0.2, 0.25) is 0 Å². The summed E-state index contributed by atoms with van der Waals surface area (Å²) in [4.78, 5) is 4.42. The second kappa shape index (κ2) is 6.10. The molecule has 1 N–H and O–H groups in total. The Kier molecular flexibility index (Phi) is 4.65. The number of methoxy groups -OCH3 is 1. The van der Waals surface area contributed by atoms with Crippen molar-refractivity contribution in [2.24, 2.45) is 5.92 Å². The molecule has 1 fully saturated rings. The minimum atomic E-state index is -2.79. The monoisotopic (exact) mass is 298 g/mol. The summed E-state index contributed by atoms with van der Waals surface area (Å²) in [6, 6.07) is 0. The molecule has 0 amide bonds. The second-order valence-electron chi connectivity index (χ2n) is 5.45. The first-order chi connectivity index (χ1) is 9.43. The molecule has 1 atom stereocenters. The maximum atomic E-state index is 11.4. The van der Waals surface area contributed by atoms with Crippen LogP contribution in [0.25, 0.3) is 0 Å². The molecule has 1 aliphatic heterocycles. The van der Waals surface area contributed by atoms with Gasteiger partial charge in [-0.05, 0) is 32.7 Å². The highest BCUT2D eigenvalue weighted by molar-refractivity contribution is 7.91. The molecule has 0 spiro atoms. The molecule has 0 saturated carbocycles. The zero-order chi connectivity index (χ0) is 14.8. The van der Waals surface area contributed by atoms with E-state index < -0.39 is 9.84 Å². The van der Waals surface area contributed by atoms with E-state index in [1.807, 2.05) is 20.0 Å². The van der Waals surface area contributed by atoms with Crippen LogP contribution in [0.5, 0.6) is 5.75 Å². The molecule has 2 rings (SSSR count). The first kappa shape index (κ1) is 15.3. The van der Waals surface area contributed by atoms with Gasteiger partial charge in [-0.3, -0.25) is 4.98 Å². The maximum Gasteiger partial charge on any atom is 0.150 e. The molecule has 112 valence electrons. The third-order valence-electron chi connectivity index (χ3n) is 3.80. The molecule has 5 nitrogen and oxygen atoms in total. The van der Waals surface area contributed by atoms with E-state index in [0.717, 1.165) is 35.5 Å². The topological polar surface area (TPSA) is 68.3 Å². The van der Waals surface area contributed by atoms with Gasteiger partial charge in [-0.2, -0.15) is 0 Å². The van der Waals surface area contributed by atoms with Crippen molar-refractivity contribution in [3.63, 3.8) is 0 Å². The van der Waals surface area contributed by atoms with Crippen LogP contribution in [0.15, 0.2) is 6.20 Å². The fourth-order valence-corrected chi connectivity index (χ4v) is 4.54. The minimum absolute atomic E-state index is 0.229. The summed E-state index contributed by atoms with van der Waals surface area (Å²) in [6.45, 7) is 5.32. The molecule has 0 radical (unpaired) electrons. The Morgan fingerprint density at radius 2 is 2.20 bits per heavy atom. The smallest absolute Gasteiger partial charge is 0.150 e. The van der Waals surface area contributed by atoms with Gasteiger partial charge in [0.15, 0.2) is 9.84 Å². The third kappa shape index (κ3) is 3.49. The number of hydrogen-bond donors (Lipinski definition) is 1. The third-order valence-corrected chi connectivity index (χ3v) is 5.64. The molecule has 1 aromatic rings. The Morgan fingerprint density at radius 1 is 1.45 bits per heavy atom. The van der Waals surface area contributed by atoms with Crippen LogP contribution in [-0.2, 0) is 16.4 Å². The number of nitrogens with zero attached hydrogens (tertiary/aromatic N) is 1. The van der Waals surface area contributed by atoms with Crippen LogP contribution in [0, 0.1) is 19.8 Å². The summed E-state index contributed by atoms with van der Waals surface area (Å²) < 4.78 is 28.2. The lowest BCUT2D eigenvalue weighted by atomic mass is 10.1. The predicted octanol–water partition coefficient (Wildman–Crippen LogP) is 1.23. The number of pyridine rings is 1. The normalized spacial score (nSPS) is 21.1. The number of aromatic nitrogens is 1. The lowest BCUT2D eigenvalue weighted by Crippen LogP contribution is -2.24. The average Bonchev–Trinajstić information content (AvgIpc) is 2.72. The molecule has 0 aliphatic carbocycles. The van der Waals surface area contributed by atoms with E-state index in [4.69, 9.17) is 4.74 Å². The van der Waals surface area contributed by atoms with E-state index in [1.54, 1.807) is 7.11 Å². The highest BCUT2D eigenvalue weighted by atomic mass is 32.2. The number of nitrogens with one attached hydrogen (secondary N) is 1. The zero-order valence-electron chi connectivity index (χ0n) is 12.3. The highest BCUT2D eigenvalue weighted by Crippen LogP contribution is 2.24. The van der Waals surface area contributed by atoms with Gasteiger partial charge in [0.1, 0.15) is 5.75 Å². The van der Waals surface area contributed by atoms with E-state index in [1.165, 1.54) is 0 Å². The Balaban J connectivity index is 1.92. The summed E-state index contributed by atoms with van der Waals surface area (Å²) in [5, 5.41) is 3.31. The summed E-state index contributed by atoms with van der Waals surface area (Å²) in [6.07, 6.45) is 2.57. The summed E-state index contributed by atoms with van der Waals surface area (Å²) in [5.41, 5.74) is 3.02. The maximum absolute atomic E-state index is 11.4. The van der Waals surface area contributed by atoms with Gasteiger partial charge in [-0.15, -0.1) is 0 Å².